The molecule has 8 saturated heterocycles. The SMILES string of the molecule is C1CCN(CN2CCCC2)C1.C1CCN(CN2CCCC2)C1.C1CCN(CN2CCCC2)C1.C1CCN(CN2CCCC2)C1. The van der Waals surface area contributed by atoms with Crippen LogP contribution in [-0.4, -0.2) is 171 Å². The van der Waals surface area contributed by atoms with E-state index in [9.17, 15) is 0 Å². The minimum Gasteiger partial charge on any atom is -0.290 e. The van der Waals surface area contributed by atoms with E-state index in [4.69, 9.17) is 0 Å². The van der Waals surface area contributed by atoms with E-state index in [0.717, 1.165) is 0 Å². The Morgan fingerprint density at radius 2 is 0.250 bits per heavy atom. The van der Waals surface area contributed by atoms with Crippen LogP contribution >= 0.6 is 0 Å². The molecule has 8 aliphatic rings. The van der Waals surface area contributed by atoms with Crippen LogP contribution in [0.25, 0.3) is 0 Å². The lowest BCUT2D eigenvalue weighted by Gasteiger charge is -2.22. The Morgan fingerprint density at radius 3 is 0.341 bits per heavy atom. The summed E-state index contributed by atoms with van der Waals surface area (Å²) in [4.78, 5) is 20.7. The van der Waals surface area contributed by atoms with E-state index in [1.807, 2.05) is 0 Å². The molecule has 44 heavy (non-hydrogen) atoms. The monoisotopic (exact) mass is 617 g/mol. The number of hydrogen-bond donors (Lipinski definition) is 0. The predicted octanol–water partition coefficient (Wildman–Crippen LogP) is 4.54. The zero-order valence-electron chi connectivity index (χ0n) is 29.0. The summed E-state index contributed by atoms with van der Waals surface area (Å²) in [5.74, 6) is 0. The highest BCUT2D eigenvalue weighted by Gasteiger charge is 2.20. The predicted molar refractivity (Wildman–Crippen MR) is 186 cm³/mol. The summed E-state index contributed by atoms with van der Waals surface area (Å²) in [6, 6.07) is 0. The quantitative estimate of drug-likeness (QED) is 0.392. The van der Waals surface area contributed by atoms with Crippen molar-refractivity contribution in [1.82, 2.24) is 39.2 Å². The van der Waals surface area contributed by atoms with Crippen LogP contribution < -0.4 is 0 Å². The van der Waals surface area contributed by atoms with Crippen LogP contribution in [0.1, 0.15) is 103 Å². The van der Waals surface area contributed by atoms with Crippen molar-refractivity contribution in [2.24, 2.45) is 0 Å². The van der Waals surface area contributed by atoms with Gasteiger partial charge >= 0.3 is 0 Å². The molecule has 0 aromatic heterocycles. The highest BCUT2D eigenvalue weighted by Crippen LogP contribution is 2.15. The van der Waals surface area contributed by atoms with Crippen molar-refractivity contribution < 1.29 is 0 Å². The average Bonchev–Trinajstić information content (AvgIpc) is 3.88. The van der Waals surface area contributed by atoms with Gasteiger partial charge in [-0.3, -0.25) is 39.2 Å². The van der Waals surface area contributed by atoms with Crippen LogP contribution in [0.3, 0.4) is 0 Å². The fraction of sp³-hybridized carbons (Fsp3) is 1.00. The molecule has 8 nitrogen and oxygen atoms in total. The third-order valence-corrected chi connectivity index (χ3v) is 11.2. The topological polar surface area (TPSA) is 25.9 Å². The van der Waals surface area contributed by atoms with Gasteiger partial charge in [-0.2, -0.15) is 0 Å². The van der Waals surface area contributed by atoms with Gasteiger partial charge in [-0.05, 0) is 207 Å². The molecule has 8 rings (SSSR count). The first-order valence-electron chi connectivity index (χ1n) is 19.6. The maximum atomic E-state index is 2.59. The van der Waals surface area contributed by atoms with E-state index in [1.54, 1.807) is 0 Å². The smallest absolute Gasteiger partial charge is 0.0506 e. The third-order valence-electron chi connectivity index (χ3n) is 11.2. The highest BCUT2D eigenvalue weighted by molar-refractivity contribution is 4.73. The highest BCUT2D eigenvalue weighted by atomic mass is 15.3. The second kappa shape index (κ2) is 20.8. The molecule has 256 valence electrons. The first kappa shape index (κ1) is 35.0. The molecule has 8 aliphatic heterocycles. The van der Waals surface area contributed by atoms with Crippen LogP contribution in [-0.2, 0) is 0 Å². The summed E-state index contributed by atoms with van der Waals surface area (Å²) in [6.45, 7) is 26.5. The summed E-state index contributed by atoms with van der Waals surface area (Å²) in [5, 5.41) is 0. The average molecular weight is 617 g/mol. The lowest BCUT2D eigenvalue weighted by molar-refractivity contribution is 0.182. The maximum absolute atomic E-state index is 2.59. The Hall–Kier alpha value is -0.320. The van der Waals surface area contributed by atoms with E-state index >= 15 is 0 Å². The minimum absolute atomic E-state index is 1.25. The van der Waals surface area contributed by atoms with Gasteiger partial charge in [-0.25, -0.2) is 0 Å². The maximum Gasteiger partial charge on any atom is 0.0506 e. The van der Waals surface area contributed by atoms with E-state index in [1.165, 1.54) is 234 Å². The van der Waals surface area contributed by atoms with E-state index in [0.29, 0.717) is 0 Å². The fourth-order valence-electron chi connectivity index (χ4n) is 8.52. The van der Waals surface area contributed by atoms with Crippen molar-refractivity contribution in [1.29, 1.82) is 0 Å². The zero-order chi connectivity index (χ0) is 30.1. The van der Waals surface area contributed by atoms with Gasteiger partial charge in [0, 0.05) is 0 Å². The van der Waals surface area contributed by atoms with Gasteiger partial charge in [0.1, 0.15) is 0 Å². The Morgan fingerprint density at radius 1 is 0.159 bits per heavy atom. The lowest BCUT2D eigenvalue weighted by atomic mass is 10.4. The van der Waals surface area contributed by atoms with Crippen LogP contribution in [0, 0.1) is 0 Å². The van der Waals surface area contributed by atoms with Gasteiger partial charge in [0.05, 0.1) is 26.7 Å². The molecule has 8 heteroatoms. The Kier molecular flexibility index (Phi) is 16.6. The molecular weight excluding hydrogens is 544 g/mol. The van der Waals surface area contributed by atoms with E-state index < -0.39 is 0 Å². The molecule has 0 radical (unpaired) electrons. The number of rotatable bonds is 8. The molecule has 0 unspecified atom stereocenters. The standard InChI is InChI=1S/4C9H18N2/c4*1-2-6-10(5-1)9-11-7-3-4-8-11/h4*1-9H2. The Labute approximate surface area is 273 Å². The first-order chi connectivity index (χ1) is 21.8. The Balaban J connectivity index is 0.000000116. The van der Waals surface area contributed by atoms with Gasteiger partial charge in [-0.15, -0.1) is 0 Å². The summed E-state index contributed by atoms with van der Waals surface area (Å²) in [6.07, 6.45) is 22.8. The van der Waals surface area contributed by atoms with Crippen molar-refractivity contribution in [3.8, 4) is 0 Å². The van der Waals surface area contributed by atoms with Gasteiger partial charge in [-0.1, -0.05) is 0 Å². The molecule has 0 atom stereocenters. The van der Waals surface area contributed by atoms with E-state index in [-0.39, 0.29) is 0 Å². The molecule has 0 N–H and O–H groups in total. The van der Waals surface area contributed by atoms with Crippen LogP contribution in [0.4, 0.5) is 0 Å². The van der Waals surface area contributed by atoms with Crippen molar-refractivity contribution in [2.45, 2.75) is 103 Å². The van der Waals surface area contributed by atoms with Crippen LogP contribution in [0.2, 0.25) is 0 Å². The normalized spacial score (nSPS) is 28.4. The van der Waals surface area contributed by atoms with Crippen molar-refractivity contribution in [3.63, 3.8) is 0 Å². The molecule has 0 bridgehead atoms. The summed E-state index contributed by atoms with van der Waals surface area (Å²) in [5.41, 5.74) is 0. The van der Waals surface area contributed by atoms with Crippen molar-refractivity contribution >= 4 is 0 Å². The zero-order valence-corrected chi connectivity index (χ0v) is 29.0. The number of hydrogen-bond acceptors (Lipinski definition) is 8. The summed E-state index contributed by atoms with van der Waals surface area (Å²) in [7, 11) is 0. The molecule has 0 aromatic rings. The van der Waals surface area contributed by atoms with Crippen LogP contribution in [0.15, 0.2) is 0 Å². The van der Waals surface area contributed by atoms with Gasteiger partial charge in [0.15, 0.2) is 0 Å². The van der Waals surface area contributed by atoms with Crippen LogP contribution in [0.5, 0.6) is 0 Å². The number of likely N-dealkylation sites (tertiary alicyclic amines) is 8. The lowest BCUT2D eigenvalue weighted by Crippen LogP contribution is -2.34. The van der Waals surface area contributed by atoms with Gasteiger partial charge in [0.25, 0.3) is 0 Å². The molecule has 0 saturated carbocycles. The first-order valence-corrected chi connectivity index (χ1v) is 19.6. The minimum atomic E-state index is 1.25. The molecule has 0 amide bonds. The second-order valence-corrected chi connectivity index (χ2v) is 15.2. The molecule has 0 aromatic carbocycles. The largest absolute Gasteiger partial charge is 0.290 e. The summed E-state index contributed by atoms with van der Waals surface area (Å²) >= 11 is 0. The second-order valence-electron chi connectivity index (χ2n) is 15.2. The molecule has 8 fully saturated rings. The molecule has 0 spiro atoms. The third kappa shape index (κ3) is 13.4. The number of nitrogens with zero attached hydrogens (tertiary/aromatic N) is 8. The molecule has 0 aliphatic carbocycles. The summed E-state index contributed by atoms with van der Waals surface area (Å²) < 4.78 is 0. The van der Waals surface area contributed by atoms with Gasteiger partial charge < -0.3 is 0 Å². The van der Waals surface area contributed by atoms with Crippen molar-refractivity contribution in [3.05, 3.63) is 0 Å². The Bertz CT molecular complexity index is 515. The van der Waals surface area contributed by atoms with Gasteiger partial charge in [0.2, 0.25) is 0 Å². The van der Waals surface area contributed by atoms with Crippen molar-refractivity contribution in [2.75, 3.05) is 131 Å². The fourth-order valence-corrected chi connectivity index (χ4v) is 8.52. The molecular formula is C36H72N8. The molecule has 8 heterocycles. The van der Waals surface area contributed by atoms with E-state index in [2.05, 4.69) is 39.2 Å².